The summed E-state index contributed by atoms with van der Waals surface area (Å²) in [7, 11) is -4.52. The predicted octanol–water partition coefficient (Wildman–Crippen LogP) is 6.10. The van der Waals surface area contributed by atoms with Crippen LogP contribution in [0.15, 0.2) is 47.4 Å². The first kappa shape index (κ1) is 32.0. The number of hydrogen-bond acceptors (Lipinski definition) is 4. The zero-order valence-corrected chi connectivity index (χ0v) is 17.1. The first-order valence-electron chi connectivity index (χ1n) is 9.59. The molecule has 0 spiro atoms. The van der Waals surface area contributed by atoms with Gasteiger partial charge in [-0.3, -0.25) is 0 Å². The minimum atomic E-state index is -4.67. The molecule has 3 rings (SSSR count). The van der Waals surface area contributed by atoms with E-state index in [0.29, 0.717) is 12.1 Å². The van der Waals surface area contributed by atoms with Gasteiger partial charge in [-0.15, -0.1) is 0 Å². The molecule has 10 heteroatoms. The van der Waals surface area contributed by atoms with Gasteiger partial charge in [0.05, 0.1) is 16.6 Å². The lowest BCUT2D eigenvalue weighted by atomic mass is 9.74. The van der Waals surface area contributed by atoms with Crippen LogP contribution in [-0.2, 0) is 20.8 Å². The zero-order valence-electron chi connectivity index (χ0n) is 16.2. The molecule has 2 N–H and O–H groups in total. The van der Waals surface area contributed by atoms with E-state index in [1.807, 2.05) is 0 Å². The maximum atomic E-state index is 14.8. The second-order valence-electron chi connectivity index (χ2n) is 7.73. The van der Waals surface area contributed by atoms with Crippen molar-refractivity contribution >= 4 is 9.84 Å². The molecule has 0 unspecified atom stereocenters. The van der Waals surface area contributed by atoms with Crippen molar-refractivity contribution in [2.75, 3.05) is 6.61 Å². The summed E-state index contributed by atoms with van der Waals surface area (Å²) in [5.41, 5.74) is -1.49. The number of sulfone groups is 1. The number of alkyl halides is 3. The molecule has 0 heterocycles. The fourth-order valence-electron chi connectivity index (χ4n) is 4.27. The molecular formula is C24H33F5O4S. The predicted molar refractivity (Wildman–Crippen MR) is 122 cm³/mol. The van der Waals surface area contributed by atoms with E-state index in [0.717, 1.165) is 30.3 Å². The molecule has 1 aliphatic carbocycles. The van der Waals surface area contributed by atoms with Crippen LogP contribution in [0.5, 0.6) is 0 Å². The maximum Gasteiger partial charge on any atom is 0.416 e. The Morgan fingerprint density at radius 3 is 2.12 bits per heavy atom. The first-order valence-corrected chi connectivity index (χ1v) is 11.1. The lowest BCUT2D eigenvalue weighted by Crippen LogP contribution is -2.46. The Hall–Kier alpha value is -2.04. The van der Waals surface area contributed by atoms with Gasteiger partial charge in [-0.25, -0.2) is 17.2 Å². The fraction of sp³-hybridized carbons (Fsp3) is 0.500. The van der Waals surface area contributed by atoms with E-state index in [9.17, 15) is 40.6 Å². The van der Waals surface area contributed by atoms with Crippen LogP contribution in [0.4, 0.5) is 22.0 Å². The molecule has 2 aromatic rings. The van der Waals surface area contributed by atoms with E-state index in [1.165, 1.54) is 0 Å². The highest BCUT2D eigenvalue weighted by Crippen LogP contribution is 2.50. The van der Waals surface area contributed by atoms with Crippen LogP contribution in [0.1, 0.15) is 59.1 Å². The summed E-state index contributed by atoms with van der Waals surface area (Å²) in [6, 6.07) is 5.22. The molecule has 194 valence electrons. The lowest BCUT2D eigenvalue weighted by Gasteiger charge is -2.43. The van der Waals surface area contributed by atoms with Crippen LogP contribution in [0, 0.1) is 17.6 Å². The van der Waals surface area contributed by atoms with Crippen LogP contribution >= 0.6 is 0 Å². The molecule has 0 bridgehead atoms. The molecule has 0 radical (unpaired) electrons. The standard InChI is InChI=1S/C21H21F5O4S.3CH4/c22-15-3-6-18(23)17(11-15)20(9-7-19(28)13(12-20)8-10-27)31(29,30)16-4-1-14(2-5-16)21(24,25)26;;;/h1-6,11,13,19,27-28H,7-10,12H2;3*1H4/t13-,19-,20-;;;/m1.../s1. The Morgan fingerprint density at radius 2 is 1.59 bits per heavy atom. The van der Waals surface area contributed by atoms with Crippen molar-refractivity contribution in [2.45, 2.75) is 69.9 Å². The van der Waals surface area contributed by atoms with E-state index < -0.39 is 60.4 Å². The quantitative estimate of drug-likeness (QED) is 0.475. The highest BCUT2D eigenvalue weighted by molar-refractivity contribution is 7.92. The minimum Gasteiger partial charge on any atom is -0.396 e. The highest BCUT2D eigenvalue weighted by atomic mass is 32.2. The van der Waals surface area contributed by atoms with Crippen molar-refractivity contribution in [1.82, 2.24) is 0 Å². The third-order valence-corrected chi connectivity index (χ3v) is 8.42. The van der Waals surface area contributed by atoms with Crippen LogP contribution in [0.25, 0.3) is 0 Å². The largest absolute Gasteiger partial charge is 0.416 e. The van der Waals surface area contributed by atoms with Gasteiger partial charge in [-0.05, 0) is 74.1 Å². The minimum absolute atomic E-state index is 0. The molecule has 1 aliphatic rings. The molecule has 0 aromatic heterocycles. The molecule has 2 aromatic carbocycles. The number of aliphatic hydroxyl groups is 2. The Morgan fingerprint density at radius 1 is 1.00 bits per heavy atom. The van der Waals surface area contributed by atoms with Gasteiger partial charge in [0, 0.05) is 12.2 Å². The van der Waals surface area contributed by atoms with E-state index in [4.69, 9.17) is 0 Å². The highest BCUT2D eigenvalue weighted by Gasteiger charge is 2.52. The van der Waals surface area contributed by atoms with Crippen molar-refractivity contribution < 1.29 is 40.6 Å². The summed E-state index contributed by atoms with van der Waals surface area (Å²) < 4.78 is 92.8. The first-order chi connectivity index (χ1) is 14.4. The fourth-order valence-corrected chi connectivity index (χ4v) is 6.48. The number of rotatable bonds is 5. The molecule has 34 heavy (non-hydrogen) atoms. The third-order valence-electron chi connectivity index (χ3n) is 5.91. The van der Waals surface area contributed by atoms with Gasteiger partial charge in [0.1, 0.15) is 16.4 Å². The van der Waals surface area contributed by atoms with Gasteiger partial charge in [-0.2, -0.15) is 13.2 Å². The summed E-state index contributed by atoms with van der Waals surface area (Å²) in [5.74, 6) is -2.58. The molecule has 0 amide bonds. The zero-order chi connectivity index (χ0) is 23.0. The van der Waals surface area contributed by atoms with Crippen molar-refractivity contribution in [3.05, 3.63) is 65.2 Å². The summed E-state index contributed by atoms with van der Waals surface area (Å²) in [5, 5.41) is 19.6. The van der Waals surface area contributed by atoms with Crippen molar-refractivity contribution in [3.8, 4) is 0 Å². The lowest BCUT2D eigenvalue weighted by molar-refractivity contribution is -0.137. The average Bonchev–Trinajstić information content (AvgIpc) is 2.71. The number of aliphatic hydroxyl groups excluding tert-OH is 2. The molecule has 3 atom stereocenters. The summed E-state index contributed by atoms with van der Waals surface area (Å²) in [6.45, 7) is -0.357. The smallest absolute Gasteiger partial charge is 0.396 e. The van der Waals surface area contributed by atoms with Crippen molar-refractivity contribution in [2.24, 2.45) is 5.92 Å². The second-order valence-corrected chi connectivity index (χ2v) is 9.99. The maximum absolute atomic E-state index is 14.8. The van der Waals surface area contributed by atoms with E-state index in [1.54, 1.807) is 0 Å². The van der Waals surface area contributed by atoms with Gasteiger partial charge >= 0.3 is 6.18 Å². The summed E-state index contributed by atoms with van der Waals surface area (Å²) in [4.78, 5) is -0.469. The van der Waals surface area contributed by atoms with E-state index in [2.05, 4.69) is 0 Å². The van der Waals surface area contributed by atoms with Crippen LogP contribution in [-0.4, -0.2) is 31.3 Å². The number of benzene rings is 2. The van der Waals surface area contributed by atoms with Crippen LogP contribution in [0.2, 0.25) is 0 Å². The van der Waals surface area contributed by atoms with E-state index in [-0.39, 0.29) is 54.6 Å². The molecule has 1 fully saturated rings. The van der Waals surface area contributed by atoms with Gasteiger partial charge < -0.3 is 10.2 Å². The van der Waals surface area contributed by atoms with Crippen LogP contribution in [0.3, 0.4) is 0 Å². The molecule has 0 saturated heterocycles. The Bertz CT molecular complexity index is 1040. The number of hydrogen-bond donors (Lipinski definition) is 2. The third kappa shape index (κ3) is 5.78. The molecule has 4 nitrogen and oxygen atoms in total. The van der Waals surface area contributed by atoms with Gasteiger partial charge in [-0.1, -0.05) is 22.3 Å². The Kier molecular flexibility index (Phi) is 10.9. The topological polar surface area (TPSA) is 74.6 Å². The van der Waals surface area contributed by atoms with Gasteiger partial charge in [0.25, 0.3) is 0 Å². The second kappa shape index (κ2) is 11.6. The molecular weight excluding hydrogens is 479 g/mol. The van der Waals surface area contributed by atoms with E-state index >= 15 is 0 Å². The van der Waals surface area contributed by atoms with Gasteiger partial charge in [0.2, 0.25) is 0 Å². The van der Waals surface area contributed by atoms with Gasteiger partial charge in [0.15, 0.2) is 9.84 Å². The van der Waals surface area contributed by atoms with Crippen molar-refractivity contribution in [3.63, 3.8) is 0 Å². The monoisotopic (exact) mass is 512 g/mol. The Labute approximate surface area is 198 Å². The normalized spacial score (nSPS) is 22.7. The average molecular weight is 513 g/mol. The Balaban J connectivity index is 0.00000363. The molecule has 0 aliphatic heterocycles. The van der Waals surface area contributed by atoms with Crippen molar-refractivity contribution in [1.29, 1.82) is 0 Å². The number of halogens is 5. The summed E-state index contributed by atoms with van der Waals surface area (Å²) in [6.07, 6.45) is -6.25. The van der Waals surface area contributed by atoms with Crippen LogP contribution < -0.4 is 0 Å². The molecule has 1 saturated carbocycles. The SMILES string of the molecule is C.C.C.O=S(=O)(c1ccc(C(F)(F)F)cc1)[C@]1(c2cc(F)ccc2F)CC[C@@H](O)[C@H](CCO)C1. The summed E-state index contributed by atoms with van der Waals surface area (Å²) >= 11 is 0.